The number of hydrogen-bond donors (Lipinski definition) is 2. The van der Waals surface area contributed by atoms with E-state index in [4.69, 9.17) is 40.7 Å². The number of halogens is 2. The summed E-state index contributed by atoms with van der Waals surface area (Å²) in [5.41, 5.74) is 0.734. The van der Waals surface area contributed by atoms with Crippen LogP contribution < -0.4 is 5.32 Å². The van der Waals surface area contributed by atoms with E-state index in [9.17, 15) is 5.11 Å². The van der Waals surface area contributed by atoms with E-state index in [1.165, 1.54) is 0 Å². The van der Waals surface area contributed by atoms with Gasteiger partial charge in [-0.2, -0.15) is 5.26 Å². The SMILES string of the molecule is C=C(C)/C(O)=C(\C#N)C(=S)Nc1cccc(Cl)c1Cl. The summed E-state index contributed by atoms with van der Waals surface area (Å²) in [7, 11) is 0. The summed E-state index contributed by atoms with van der Waals surface area (Å²) >= 11 is 16.9. The second-order valence-corrected chi connectivity index (χ2v) is 4.86. The van der Waals surface area contributed by atoms with Crippen LogP contribution in [0.5, 0.6) is 0 Å². The van der Waals surface area contributed by atoms with Crippen molar-refractivity contribution in [1.29, 1.82) is 5.26 Å². The van der Waals surface area contributed by atoms with Crippen LogP contribution in [0, 0.1) is 11.3 Å². The van der Waals surface area contributed by atoms with Crippen LogP contribution >= 0.6 is 35.4 Å². The number of aliphatic hydroxyl groups is 1. The molecule has 0 unspecified atom stereocenters. The highest BCUT2D eigenvalue weighted by Crippen LogP contribution is 2.30. The van der Waals surface area contributed by atoms with Gasteiger partial charge in [0.1, 0.15) is 22.4 Å². The van der Waals surface area contributed by atoms with Gasteiger partial charge in [-0.1, -0.05) is 48.1 Å². The van der Waals surface area contributed by atoms with Gasteiger partial charge in [0.05, 0.1) is 15.7 Å². The van der Waals surface area contributed by atoms with Gasteiger partial charge in [-0.05, 0) is 24.6 Å². The van der Waals surface area contributed by atoms with Crippen molar-refractivity contribution in [3.05, 3.63) is 51.7 Å². The summed E-state index contributed by atoms with van der Waals surface area (Å²) in [4.78, 5) is 0.0483. The molecule has 0 fully saturated rings. The van der Waals surface area contributed by atoms with Crippen LogP contribution in [0.4, 0.5) is 5.69 Å². The Morgan fingerprint density at radius 2 is 2.11 bits per heavy atom. The number of benzene rings is 1. The molecule has 0 radical (unpaired) electrons. The molecular weight excluding hydrogens is 303 g/mol. The van der Waals surface area contributed by atoms with E-state index in [1.807, 2.05) is 6.07 Å². The van der Waals surface area contributed by atoms with E-state index >= 15 is 0 Å². The minimum Gasteiger partial charge on any atom is -0.506 e. The van der Waals surface area contributed by atoms with E-state index < -0.39 is 0 Å². The molecule has 0 bridgehead atoms. The maximum absolute atomic E-state index is 9.73. The maximum Gasteiger partial charge on any atom is 0.138 e. The number of rotatable bonds is 3. The smallest absolute Gasteiger partial charge is 0.138 e. The standard InChI is InChI=1S/C13H10Cl2N2OS/c1-7(2)12(18)8(6-16)13(19)17-10-5-3-4-9(14)11(10)15/h3-5,18H,1H2,2H3,(H,17,19)/b12-8-. The average molecular weight is 313 g/mol. The Morgan fingerprint density at radius 3 is 2.63 bits per heavy atom. The molecule has 0 aliphatic heterocycles. The molecule has 0 amide bonds. The number of aliphatic hydroxyl groups excluding tert-OH is 1. The van der Waals surface area contributed by atoms with Crippen molar-refractivity contribution in [1.82, 2.24) is 0 Å². The number of thiocarbonyl (C=S) groups is 1. The number of nitrogens with one attached hydrogen (secondary N) is 1. The maximum atomic E-state index is 9.73. The third-order valence-corrected chi connectivity index (χ3v) is 3.30. The van der Waals surface area contributed by atoms with E-state index in [1.54, 1.807) is 25.1 Å². The van der Waals surface area contributed by atoms with Crippen molar-refractivity contribution < 1.29 is 5.11 Å². The fraction of sp³-hybridized carbons (Fsp3) is 0.0769. The summed E-state index contributed by atoms with van der Waals surface area (Å²) in [6.45, 7) is 5.12. The summed E-state index contributed by atoms with van der Waals surface area (Å²) in [6.07, 6.45) is 0. The number of allylic oxidation sites excluding steroid dienone is 1. The highest BCUT2D eigenvalue weighted by molar-refractivity contribution is 7.81. The molecule has 0 saturated carbocycles. The molecule has 0 aliphatic rings. The van der Waals surface area contributed by atoms with Crippen LogP contribution in [0.15, 0.2) is 41.7 Å². The zero-order chi connectivity index (χ0) is 14.6. The molecule has 2 N–H and O–H groups in total. The van der Waals surface area contributed by atoms with Gasteiger partial charge in [0.2, 0.25) is 0 Å². The quantitative estimate of drug-likeness (QED) is 0.280. The summed E-state index contributed by atoms with van der Waals surface area (Å²) in [5.74, 6) is -0.252. The van der Waals surface area contributed by atoms with E-state index in [-0.39, 0.29) is 16.3 Å². The van der Waals surface area contributed by atoms with Crippen LogP contribution in [-0.2, 0) is 0 Å². The van der Waals surface area contributed by atoms with Crippen LogP contribution in [0.1, 0.15) is 6.92 Å². The van der Waals surface area contributed by atoms with Gasteiger partial charge in [0, 0.05) is 0 Å². The van der Waals surface area contributed by atoms with Gasteiger partial charge >= 0.3 is 0 Å². The Hall–Kier alpha value is -1.54. The van der Waals surface area contributed by atoms with E-state index in [2.05, 4.69) is 11.9 Å². The lowest BCUT2D eigenvalue weighted by atomic mass is 10.1. The number of nitriles is 1. The molecule has 0 aliphatic carbocycles. The molecule has 6 heteroatoms. The molecule has 98 valence electrons. The lowest BCUT2D eigenvalue weighted by molar-refractivity contribution is 0.422. The molecule has 1 rings (SSSR count). The first kappa shape index (κ1) is 15.5. The normalized spacial score (nSPS) is 11.3. The van der Waals surface area contributed by atoms with Gasteiger partial charge < -0.3 is 10.4 Å². The first-order valence-corrected chi connectivity index (χ1v) is 6.29. The Bertz CT molecular complexity index is 618. The second-order valence-electron chi connectivity index (χ2n) is 3.67. The highest BCUT2D eigenvalue weighted by atomic mass is 35.5. The van der Waals surface area contributed by atoms with E-state index in [0.29, 0.717) is 21.3 Å². The monoisotopic (exact) mass is 312 g/mol. The lowest BCUT2D eigenvalue weighted by Gasteiger charge is -2.11. The van der Waals surface area contributed by atoms with Crippen LogP contribution in [0.2, 0.25) is 10.0 Å². The van der Waals surface area contributed by atoms with Crippen molar-refractivity contribution in [2.24, 2.45) is 0 Å². The van der Waals surface area contributed by atoms with Crippen LogP contribution in [0.3, 0.4) is 0 Å². The molecule has 0 spiro atoms. The number of nitrogens with zero attached hydrogens (tertiary/aromatic N) is 1. The van der Waals surface area contributed by atoms with Crippen molar-refractivity contribution in [3.8, 4) is 6.07 Å². The van der Waals surface area contributed by atoms with Crippen molar-refractivity contribution in [3.63, 3.8) is 0 Å². The zero-order valence-electron chi connectivity index (χ0n) is 10.00. The summed E-state index contributed by atoms with van der Waals surface area (Å²) < 4.78 is 0. The first-order valence-electron chi connectivity index (χ1n) is 5.13. The van der Waals surface area contributed by atoms with Gasteiger partial charge in [-0.3, -0.25) is 0 Å². The molecule has 1 aromatic carbocycles. The van der Waals surface area contributed by atoms with Crippen molar-refractivity contribution in [2.75, 3.05) is 5.32 Å². The Morgan fingerprint density at radius 1 is 1.47 bits per heavy atom. The minimum atomic E-state index is -0.252. The second kappa shape index (κ2) is 6.58. The predicted octanol–water partition coefficient (Wildman–Crippen LogP) is 4.64. The third-order valence-electron chi connectivity index (χ3n) is 2.18. The fourth-order valence-corrected chi connectivity index (χ4v) is 1.81. The van der Waals surface area contributed by atoms with Crippen LogP contribution in [0.25, 0.3) is 0 Å². The molecule has 0 aromatic heterocycles. The van der Waals surface area contributed by atoms with Gasteiger partial charge in [-0.15, -0.1) is 0 Å². The van der Waals surface area contributed by atoms with Crippen LogP contribution in [-0.4, -0.2) is 10.1 Å². The number of hydrogen-bond acceptors (Lipinski definition) is 3. The average Bonchev–Trinajstić information content (AvgIpc) is 2.35. The molecule has 0 saturated heterocycles. The highest BCUT2D eigenvalue weighted by Gasteiger charge is 2.14. The molecule has 3 nitrogen and oxygen atoms in total. The molecule has 0 atom stereocenters. The minimum absolute atomic E-state index is 0.0483. The molecule has 19 heavy (non-hydrogen) atoms. The largest absolute Gasteiger partial charge is 0.506 e. The predicted molar refractivity (Wildman–Crippen MR) is 82.8 cm³/mol. The summed E-state index contributed by atoms with van der Waals surface area (Å²) in [5, 5.41) is 22.2. The lowest BCUT2D eigenvalue weighted by Crippen LogP contribution is -2.13. The van der Waals surface area contributed by atoms with Gasteiger partial charge in [-0.25, -0.2) is 0 Å². The van der Waals surface area contributed by atoms with Crippen molar-refractivity contribution in [2.45, 2.75) is 6.92 Å². The van der Waals surface area contributed by atoms with Gasteiger partial charge in [0.25, 0.3) is 0 Å². The number of anilines is 1. The zero-order valence-corrected chi connectivity index (χ0v) is 12.3. The Balaban J connectivity index is 3.10. The van der Waals surface area contributed by atoms with Gasteiger partial charge in [0.15, 0.2) is 0 Å². The molecule has 0 heterocycles. The third kappa shape index (κ3) is 3.71. The topological polar surface area (TPSA) is 56.0 Å². The molecular formula is C13H10Cl2N2OS. The Labute approximate surface area is 126 Å². The summed E-state index contributed by atoms with van der Waals surface area (Å²) in [6, 6.07) is 6.80. The first-order chi connectivity index (χ1) is 8.88. The van der Waals surface area contributed by atoms with Crippen molar-refractivity contribution >= 4 is 46.1 Å². The Kier molecular flexibility index (Phi) is 5.37. The fourth-order valence-electron chi connectivity index (χ4n) is 1.21. The van der Waals surface area contributed by atoms with E-state index in [0.717, 1.165) is 0 Å². The molecule has 1 aromatic rings.